The maximum atomic E-state index is 12.4. The first-order chi connectivity index (χ1) is 10.7. The Kier molecular flexibility index (Phi) is 3.46. The molecule has 0 unspecified atom stereocenters. The second-order valence-corrected chi connectivity index (χ2v) is 7.99. The smallest absolute Gasteiger partial charge is 0.253 e. The summed E-state index contributed by atoms with van der Waals surface area (Å²) in [6.07, 6.45) is 0. The fourth-order valence-electron chi connectivity index (χ4n) is 3.55. The normalized spacial score (nSPS) is 24.0. The minimum atomic E-state index is -0.643. The number of benzene rings is 1. The standard InChI is InChI=1S/C16H20N2O3S/c19-15(18-9-16(10-18)11-22(20)12-16)13-1-3-14(4-2-13)17-5-7-21-8-6-17/h1-4H,5-12H2. The van der Waals surface area contributed by atoms with Crippen molar-refractivity contribution in [3.8, 4) is 0 Å². The highest BCUT2D eigenvalue weighted by atomic mass is 32.2. The lowest BCUT2D eigenvalue weighted by molar-refractivity contribution is 0.0216. The summed E-state index contributed by atoms with van der Waals surface area (Å²) in [7, 11) is -0.643. The number of likely N-dealkylation sites (tertiary alicyclic amines) is 1. The summed E-state index contributed by atoms with van der Waals surface area (Å²) in [5.74, 6) is 1.64. The van der Waals surface area contributed by atoms with Crippen LogP contribution in [0.15, 0.2) is 24.3 Å². The first kappa shape index (κ1) is 14.2. The molecule has 3 saturated heterocycles. The quantitative estimate of drug-likeness (QED) is 0.806. The van der Waals surface area contributed by atoms with Gasteiger partial charge in [0.1, 0.15) is 0 Å². The van der Waals surface area contributed by atoms with Gasteiger partial charge in [-0.3, -0.25) is 9.00 Å². The van der Waals surface area contributed by atoms with Crippen LogP contribution in [0.3, 0.4) is 0 Å². The summed E-state index contributed by atoms with van der Waals surface area (Å²) in [5.41, 5.74) is 2.07. The number of ether oxygens (including phenoxy) is 1. The average Bonchev–Trinajstić information content (AvgIpc) is 2.50. The van der Waals surface area contributed by atoms with Crippen LogP contribution in [0.1, 0.15) is 10.4 Å². The van der Waals surface area contributed by atoms with E-state index in [-0.39, 0.29) is 11.3 Å². The molecule has 22 heavy (non-hydrogen) atoms. The molecule has 118 valence electrons. The summed E-state index contributed by atoms with van der Waals surface area (Å²) >= 11 is 0. The van der Waals surface area contributed by atoms with Crippen molar-refractivity contribution in [1.82, 2.24) is 4.90 Å². The molecule has 0 saturated carbocycles. The number of hydrogen-bond acceptors (Lipinski definition) is 4. The van der Waals surface area contributed by atoms with Crippen LogP contribution in [0.25, 0.3) is 0 Å². The highest BCUT2D eigenvalue weighted by Crippen LogP contribution is 2.40. The van der Waals surface area contributed by atoms with Gasteiger partial charge in [-0.1, -0.05) is 0 Å². The Labute approximate surface area is 132 Å². The number of carbonyl (C=O) groups is 1. The van der Waals surface area contributed by atoms with Gasteiger partial charge >= 0.3 is 0 Å². The molecule has 1 spiro atoms. The van der Waals surface area contributed by atoms with E-state index in [4.69, 9.17) is 4.74 Å². The van der Waals surface area contributed by atoms with Crippen molar-refractivity contribution >= 4 is 22.4 Å². The van der Waals surface area contributed by atoms with Crippen LogP contribution in [-0.4, -0.2) is 65.9 Å². The Morgan fingerprint density at radius 2 is 1.73 bits per heavy atom. The number of hydrogen-bond donors (Lipinski definition) is 0. The second-order valence-electron chi connectivity index (χ2n) is 6.54. The van der Waals surface area contributed by atoms with E-state index in [9.17, 15) is 9.00 Å². The van der Waals surface area contributed by atoms with Gasteiger partial charge in [0.2, 0.25) is 0 Å². The van der Waals surface area contributed by atoms with E-state index in [1.807, 2.05) is 29.2 Å². The number of nitrogens with zero attached hydrogens (tertiary/aromatic N) is 2. The lowest BCUT2D eigenvalue weighted by Gasteiger charge is -2.54. The summed E-state index contributed by atoms with van der Waals surface area (Å²) in [5, 5.41) is 0. The Bertz CT molecular complexity index is 594. The van der Waals surface area contributed by atoms with Crippen LogP contribution in [0.2, 0.25) is 0 Å². The van der Waals surface area contributed by atoms with Crippen molar-refractivity contribution in [2.75, 3.05) is 55.8 Å². The summed E-state index contributed by atoms with van der Waals surface area (Å²) in [4.78, 5) is 16.6. The van der Waals surface area contributed by atoms with Crippen LogP contribution in [0.4, 0.5) is 5.69 Å². The van der Waals surface area contributed by atoms with Crippen LogP contribution < -0.4 is 4.90 Å². The molecule has 4 rings (SSSR count). The molecule has 1 aromatic carbocycles. The van der Waals surface area contributed by atoms with Gasteiger partial charge in [0, 0.05) is 65.2 Å². The Morgan fingerprint density at radius 1 is 1.09 bits per heavy atom. The van der Waals surface area contributed by atoms with Crippen LogP contribution in [0.5, 0.6) is 0 Å². The molecule has 0 radical (unpaired) electrons. The van der Waals surface area contributed by atoms with Gasteiger partial charge in [-0.25, -0.2) is 0 Å². The molecule has 6 heteroatoms. The minimum Gasteiger partial charge on any atom is -0.378 e. The van der Waals surface area contributed by atoms with E-state index in [0.717, 1.165) is 62.1 Å². The zero-order chi connectivity index (χ0) is 15.2. The average molecular weight is 320 g/mol. The van der Waals surface area contributed by atoms with E-state index in [1.54, 1.807) is 0 Å². The monoisotopic (exact) mass is 320 g/mol. The molecule has 0 bridgehead atoms. The third-order valence-electron chi connectivity index (χ3n) is 4.76. The van der Waals surface area contributed by atoms with Gasteiger partial charge in [0.05, 0.1) is 13.2 Å². The van der Waals surface area contributed by atoms with Crippen molar-refractivity contribution in [1.29, 1.82) is 0 Å². The fraction of sp³-hybridized carbons (Fsp3) is 0.562. The SMILES string of the molecule is O=C(c1ccc(N2CCOCC2)cc1)N1CC2(C1)CS(=O)C2. The van der Waals surface area contributed by atoms with E-state index in [0.29, 0.717) is 0 Å². The van der Waals surface area contributed by atoms with Crippen molar-refractivity contribution in [2.45, 2.75) is 0 Å². The Hall–Kier alpha value is -1.40. The molecule has 0 aromatic heterocycles. The molecule has 1 aromatic rings. The van der Waals surface area contributed by atoms with Crippen molar-refractivity contribution in [3.63, 3.8) is 0 Å². The molecule has 3 fully saturated rings. The lowest BCUT2D eigenvalue weighted by Crippen LogP contribution is -2.67. The number of carbonyl (C=O) groups excluding carboxylic acids is 1. The van der Waals surface area contributed by atoms with Gasteiger partial charge in [0.15, 0.2) is 0 Å². The number of morpholine rings is 1. The number of anilines is 1. The molecule has 1 amide bonds. The molecule has 3 aliphatic heterocycles. The highest BCUT2D eigenvalue weighted by molar-refractivity contribution is 7.86. The second kappa shape index (κ2) is 5.35. The van der Waals surface area contributed by atoms with Gasteiger partial charge in [-0.15, -0.1) is 0 Å². The third kappa shape index (κ3) is 2.44. The van der Waals surface area contributed by atoms with Crippen molar-refractivity contribution in [2.24, 2.45) is 5.41 Å². The predicted molar refractivity (Wildman–Crippen MR) is 85.7 cm³/mol. The molecule has 3 heterocycles. The molecule has 5 nitrogen and oxygen atoms in total. The molecule has 3 aliphatic rings. The van der Waals surface area contributed by atoms with Crippen LogP contribution >= 0.6 is 0 Å². The zero-order valence-corrected chi connectivity index (χ0v) is 13.3. The van der Waals surface area contributed by atoms with Gasteiger partial charge in [-0.05, 0) is 24.3 Å². The molecule has 0 atom stereocenters. The largest absolute Gasteiger partial charge is 0.378 e. The highest BCUT2D eigenvalue weighted by Gasteiger charge is 2.53. The molecule has 0 aliphatic carbocycles. The zero-order valence-electron chi connectivity index (χ0n) is 12.5. The maximum absolute atomic E-state index is 12.4. The van der Waals surface area contributed by atoms with E-state index in [2.05, 4.69) is 4.90 Å². The van der Waals surface area contributed by atoms with Crippen molar-refractivity contribution < 1.29 is 13.7 Å². The number of amides is 1. The van der Waals surface area contributed by atoms with Gasteiger partial charge in [0.25, 0.3) is 5.91 Å². The van der Waals surface area contributed by atoms with E-state index in [1.165, 1.54) is 0 Å². The molecule has 0 N–H and O–H groups in total. The lowest BCUT2D eigenvalue weighted by atomic mass is 9.82. The molecular weight excluding hydrogens is 300 g/mol. The van der Waals surface area contributed by atoms with Crippen LogP contribution in [-0.2, 0) is 15.5 Å². The van der Waals surface area contributed by atoms with E-state index >= 15 is 0 Å². The number of rotatable bonds is 2. The maximum Gasteiger partial charge on any atom is 0.253 e. The summed E-state index contributed by atoms with van der Waals surface area (Å²) < 4.78 is 16.6. The molecular formula is C16H20N2O3S. The van der Waals surface area contributed by atoms with Gasteiger partial charge < -0.3 is 14.5 Å². The fourth-order valence-corrected chi connectivity index (χ4v) is 5.20. The first-order valence-corrected chi connectivity index (χ1v) is 9.21. The summed E-state index contributed by atoms with van der Waals surface area (Å²) in [6, 6.07) is 7.87. The minimum absolute atomic E-state index is 0.0943. The Balaban J connectivity index is 1.38. The Morgan fingerprint density at radius 3 is 2.32 bits per heavy atom. The van der Waals surface area contributed by atoms with Crippen LogP contribution in [0, 0.1) is 5.41 Å². The third-order valence-corrected chi connectivity index (χ3v) is 6.63. The predicted octanol–water partition coefficient (Wildman–Crippen LogP) is 0.728. The van der Waals surface area contributed by atoms with Crippen molar-refractivity contribution in [3.05, 3.63) is 29.8 Å². The van der Waals surface area contributed by atoms with E-state index < -0.39 is 10.8 Å². The first-order valence-electron chi connectivity index (χ1n) is 7.72. The summed E-state index contributed by atoms with van der Waals surface area (Å²) in [6.45, 7) is 4.86. The topological polar surface area (TPSA) is 49.9 Å². The van der Waals surface area contributed by atoms with Gasteiger partial charge in [-0.2, -0.15) is 0 Å².